The molecule has 1 unspecified atom stereocenters. The van der Waals surface area contributed by atoms with E-state index in [1.807, 2.05) is 43.3 Å². The topological polar surface area (TPSA) is 74.1 Å². The molecular formula is C22H21N3O3. The van der Waals surface area contributed by atoms with Gasteiger partial charge in [0.05, 0.1) is 24.3 Å². The van der Waals surface area contributed by atoms with Crippen LogP contribution in [-0.2, 0) is 13.5 Å². The number of fused-ring (bicyclic) bond motifs is 1. The maximum atomic E-state index is 12.9. The maximum Gasteiger partial charge on any atom is 0.168 e. The number of hydrogen-bond acceptors (Lipinski definition) is 5. The summed E-state index contributed by atoms with van der Waals surface area (Å²) in [5, 5.41) is 7.86. The van der Waals surface area contributed by atoms with Gasteiger partial charge < -0.3 is 4.74 Å². The quantitative estimate of drug-likeness (QED) is 0.618. The van der Waals surface area contributed by atoms with Crippen molar-refractivity contribution in [2.45, 2.75) is 25.7 Å². The van der Waals surface area contributed by atoms with Gasteiger partial charge in [0.2, 0.25) is 0 Å². The van der Waals surface area contributed by atoms with Gasteiger partial charge in [-0.3, -0.25) is 14.3 Å². The number of benzene rings is 2. The molecule has 1 aliphatic rings. The van der Waals surface area contributed by atoms with Gasteiger partial charge in [-0.2, -0.15) is 0 Å². The number of aromatic nitrogens is 3. The number of carbonyl (C=O) groups excluding carboxylic acids is 2. The summed E-state index contributed by atoms with van der Waals surface area (Å²) in [6.07, 6.45) is 2.22. The second kappa shape index (κ2) is 7.38. The Labute approximate surface area is 163 Å². The van der Waals surface area contributed by atoms with E-state index in [1.165, 1.54) is 0 Å². The summed E-state index contributed by atoms with van der Waals surface area (Å²) in [6, 6.07) is 13.5. The molecule has 6 nitrogen and oxygen atoms in total. The molecule has 0 N–H and O–H groups in total. The second-order valence-corrected chi connectivity index (χ2v) is 6.98. The first-order valence-corrected chi connectivity index (χ1v) is 9.34. The van der Waals surface area contributed by atoms with Gasteiger partial charge in [-0.15, -0.1) is 5.10 Å². The van der Waals surface area contributed by atoms with E-state index >= 15 is 0 Å². The highest BCUT2D eigenvalue weighted by Crippen LogP contribution is 2.41. The number of carbonyl (C=O) groups is 2. The monoisotopic (exact) mass is 375 g/mol. The van der Waals surface area contributed by atoms with E-state index in [0.717, 1.165) is 11.1 Å². The van der Waals surface area contributed by atoms with Crippen molar-refractivity contribution in [2.24, 2.45) is 7.05 Å². The summed E-state index contributed by atoms with van der Waals surface area (Å²) in [5.74, 6) is 0.493. The average Bonchev–Trinajstić information content (AvgIpc) is 3.33. The van der Waals surface area contributed by atoms with E-state index in [0.29, 0.717) is 35.6 Å². The lowest BCUT2D eigenvalue weighted by Gasteiger charge is -2.12. The molecule has 0 bridgehead atoms. The highest BCUT2D eigenvalue weighted by atomic mass is 16.5. The Hall–Kier alpha value is -3.28. The number of Topliss-reactive ketones (excluding diaryl/α,β-unsaturated/α-hetero) is 2. The molecule has 2 heterocycles. The molecular weight excluding hydrogens is 354 g/mol. The molecule has 142 valence electrons. The minimum Gasteiger partial charge on any atom is -0.492 e. The van der Waals surface area contributed by atoms with Crippen LogP contribution in [0.4, 0.5) is 0 Å². The molecule has 4 rings (SSSR count). The molecule has 1 aromatic heterocycles. The van der Waals surface area contributed by atoms with Gasteiger partial charge in [-0.25, -0.2) is 0 Å². The summed E-state index contributed by atoms with van der Waals surface area (Å²) in [6.45, 7) is 2.28. The molecule has 0 aliphatic carbocycles. The molecule has 1 aliphatic heterocycles. The van der Waals surface area contributed by atoms with Gasteiger partial charge in [0, 0.05) is 36.7 Å². The highest BCUT2D eigenvalue weighted by molar-refractivity contribution is 6.04. The lowest BCUT2D eigenvalue weighted by atomic mass is 9.88. The van der Waals surface area contributed by atoms with Gasteiger partial charge >= 0.3 is 0 Å². The fourth-order valence-electron chi connectivity index (χ4n) is 3.59. The first-order valence-electron chi connectivity index (χ1n) is 9.34. The van der Waals surface area contributed by atoms with Crippen LogP contribution >= 0.6 is 0 Å². The third kappa shape index (κ3) is 3.33. The Bertz CT molecular complexity index is 1040. The lowest BCUT2D eigenvalue weighted by Crippen LogP contribution is -2.08. The van der Waals surface area contributed by atoms with Crippen LogP contribution in [-0.4, -0.2) is 33.2 Å². The summed E-state index contributed by atoms with van der Waals surface area (Å²) in [4.78, 5) is 25.4. The molecule has 0 fully saturated rings. The zero-order chi connectivity index (χ0) is 19.7. The maximum absolute atomic E-state index is 12.9. The van der Waals surface area contributed by atoms with Crippen molar-refractivity contribution in [1.29, 1.82) is 0 Å². The van der Waals surface area contributed by atoms with Crippen LogP contribution in [0, 0.1) is 0 Å². The van der Waals surface area contributed by atoms with Crippen molar-refractivity contribution in [1.82, 2.24) is 15.0 Å². The van der Waals surface area contributed by atoms with Gasteiger partial charge in [-0.1, -0.05) is 42.5 Å². The number of nitrogens with zero attached hydrogens (tertiary/aromatic N) is 3. The average molecular weight is 375 g/mol. The predicted octanol–water partition coefficient (Wildman–Crippen LogP) is 3.36. The van der Waals surface area contributed by atoms with Crippen molar-refractivity contribution in [3.63, 3.8) is 0 Å². The van der Waals surface area contributed by atoms with E-state index in [4.69, 9.17) is 4.74 Å². The van der Waals surface area contributed by atoms with E-state index in [9.17, 15) is 9.59 Å². The Morgan fingerprint density at radius 2 is 1.96 bits per heavy atom. The molecule has 0 saturated heterocycles. The Morgan fingerprint density at radius 1 is 1.18 bits per heavy atom. The van der Waals surface area contributed by atoms with Crippen molar-refractivity contribution in [2.75, 3.05) is 6.61 Å². The van der Waals surface area contributed by atoms with Crippen molar-refractivity contribution in [3.8, 4) is 5.75 Å². The molecule has 1 atom stereocenters. The molecule has 0 saturated carbocycles. The van der Waals surface area contributed by atoms with Gasteiger partial charge in [0.15, 0.2) is 11.6 Å². The number of aryl methyl sites for hydroxylation is 1. The van der Waals surface area contributed by atoms with Crippen molar-refractivity contribution < 1.29 is 14.3 Å². The minimum atomic E-state index is -0.0906. The molecule has 3 aromatic rings. The largest absolute Gasteiger partial charge is 0.492 e. The van der Waals surface area contributed by atoms with Crippen LogP contribution in [0.5, 0.6) is 5.75 Å². The fourth-order valence-corrected chi connectivity index (χ4v) is 3.59. The van der Waals surface area contributed by atoms with E-state index < -0.39 is 0 Å². The van der Waals surface area contributed by atoms with Crippen LogP contribution in [0.25, 0.3) is 0 Å². The van der Waals surface area contributed by atoms with Gasteiger partial charge in [0.25, 0.3) is 0 Å². The fraction of sp³-hybridized carbons (Fsp3) is 0.273. The normalized spacial score (nSPS) is 15.1. The first kappa shape index (κ1) is 18.1. The van der Waals surface area contributed by atoms with Crippen molar-refractivity contribution in [3.05, 3.63) is 76.6 Å². The molecule has 0 spiro atoms. The van der Waals surface area contributed by atoms with Gasteiger partial charge in [-0.05, 0) is 17.7 Å². The molecule has 6 heteroatoms. The zero-order valence-electron chi connectivity index (χ0n) is 15.9. The zero-order valence-corrected chi connectivity index (χ0v) is 15.9. The van der Waals surface area contributed by atoms with E-state index in [2.05, 4.69) is 10.3 Å². The number of hydrogen-bond donors (Lipinski definition) is 0. The van der Waals surface area contributed by atoms with Crippen LogP contribution in [0.3, 0.4) is 0 Å². The molecule has 0 radical (unpaired) electrons. The third-order valence-corrected chi connectivity index (χ3v) is 5.02. The number of rotatable bonds is 6. The second-order valence-electron chi connectivity index (χ2n) is 6.98. The Kier molecular flexibility index (Phi) is 4.77. The SMILES string of the molecule is CCC(=O)c1cc(C(=O)Cc2cn(C)nn2)cc2c1OCC2c1ccccc1. The first-order chi connectivity index (χ1) is 13.6. The van der Waals surface area contributed by atoms with E-state index in [1.54, 1.807) is 24.0 Å². The summed E-state index contributed by atoms with van der Waals surface area (Å²) in [5.41, 5.74) is 3.60. The standard InChI is InChI=1S/C22H21N3O3/c1-3-20(26)18-10-15(21(27)11-16-12-25(2)24-23-16)9-17-19(13-28-22(17)18)14-7-5-4-6-8-14/h4-10,12,19H,3,11,13H2,1-2H3. The van der Waals surface area contributed by atoms with Crippen LogP contribution in [0.15, 0.2) is 48.7 Å². The van der Waals surface area contributed by atoms with Gasteiger partial charge in [0.1, 0.15) is 5.75 Å². The molecule has 2 aromatic carbocycles. The number of ether oxygens (including phenoxy) is 1. The summed E-state index contributed by atoms with van der Waals surface area (Å²) < 4.78 is 7.48. The van der Waals surface area contributed by atoms with Crippen LogP contribution < -0.4 is 4.74 Å². The predicted molar refractivity (Wildman–Crippen MR) is 104 cm³/mol. The van der Waals surface area contributed by atoms with Crippen LogP contribution in [0.1, 0.15) is 56.8 Å². The Morgan fingerprint density at radius 3 is 2.64 bits per heavy atom. The summed E-state index contributed by atoms with van der Waals surface area (Å²) >= 11 is 0. The van der Waals surface area contributed by atoms with Crippen molar-refractivity contribution >= 4 is 11.6 Å². The summed E-state index contributed by atoms with van der Waals surface area (Å²) in [7, 11) is 1.76. The third-order valence-electron chi connectivity index (χ3n) is 5.02. The molecule has 28 heavy (non-hydrogen) atoms. The highest BCUT2D eigenvalue weighted by Gasteiger charge is 2.31. The lowest BCUT2D eigenvalue weighted by molar-refractivity contribution is 0.0985. The molecule has 0 amide bonds. The minimum absolute atomic E-state index is 0.00359. The number of ketones is 2. The smallest absolute Gasteiger partial charge is 0.168 e. The van der Waals surface area contributed by atoms with Crippen LogP contribution in [0.2, 0.25) is 0 Å². The van der Waals surface area contributed by atoms with E-state index in [-0.39, 0.29) is 23.9 Å². The Balaban J connectivity index is 1.76.